The van der Waals surface area contributed by atoms with Crippen LogP contribution in [-0.4, -0.2) is 11.9 Å². The average molecular weight is 607 g/mol. The summed E-state index contributed by atoms with van der Waals surface area (Å²) in [6.45, 7) is 31.9. The number of nitrogens with zero attached hydrogens (tertiary/aromatic N) is 1. The molecular formula is C43H62N2. The van der Waals surface area contributed by atoms with E-state index in [0.29, 0.717) is 0 Å². The Hall–Kier alpha value is -4.04. The third-order valence-electron chi connectivity index (χ3n) is 6.59. The van der Waals surface area contributed by atoms with Gasteiger partial charge in [-0.1, -0.05) is 131 Å². The van der Waals surface area contributed by atoms with Crippen molar-refractivity contribution in [2.75, 3.05) is 0 Å². The van der Waals surface area contributed by atoms with Gasteiger partial charge in [-0.2, -0.15) is 0 Å². The molecule has 3 rings (SSSR count). The van der Waals surface area contributed by atoms with Gasteiger partial charge in [-0.05, 0) is 107 Å². The Labute approximate surface area is 278 Å². The number of hydrogen-bond donors (Lipinski definition) is 1. The largest absolute Gasteiger partial charge is 0.308 e. The topological polar surface area (TPSA) is 36.2 Å². The second-order valence-electron chi connectivity index (χ2n) is 10.7. The summed E-state index contributed by atoms with van der Waals surface area (Å²) in [5.74, 6) is 0. The number of aliphatic imine (C=N–C) groups is 1. The van der Waals surface area contributed by atoms with Crippen LogP contribution in [0.15, 0.2) is 120 Å². The van der Waals surface area contributed by atoms with E-state index in [2.05, 4.69) is 133 Å². The minimum Gasteiger partial charge on any atom is -0.308 e. The van der Waals surface area contributed by atoms with Gasteiger partial charge < -0.3 is 5.41 Å². The molecule has 0 aromatic heterocycles. The molecule has 1 N–H and O–H groups in total. The number of aryl methyl sites for hydroxylation is 4. The lowest BCUT2D eigenvalue weighted by Gasteiger charge is -2.08. The SMILES string of the molecule is C=C(C)c1ccccc1CC.C=CC.CC.CC(C)=CC(=N/C(C)=C(\C)C=N)c1ccccc1C.CCc1cccc(CC)c1. The molecule has 0 spiro atoms. The van der Waals surface area contributed by atoms with E-state index in [9.17, 15) is 0 Å². The zero-order chi connectivity index (χ0) is 34.8. The van der Waals surface area contributed by atoms with E-state index in [0.717, 1.165) is 47.4 Å². The van der Waals surface area contributed by atoms with Crippen LogP contribution in [0.5, 0.6) is 0 Å². The Bertz CT molecular complexity index is 1360. The van der Waals surface area contributed by atoms with Crippen molar-refractivity contribution in [3.8, 4) is 0 Å². The summed E-state index contributed by atoms with van der Waals surface area (Å²) >= 11 is 0. The normalized spacial score (nSPS) is 10.4. The van der Waals surface area contributed by atoms with E-state index < -0.39 is 0 Å². The average Bonchev–Trinajstić information content (AvgIpc) is 3.05. The second kappa shape index (κ2) is 26.4. The maximum atomic E-state index is 7.30. The number of rotatable bonds is 8. The molecule has 0 amide bonds. The van der Waals surface area contributed by atoms with Crippen LogP contribution in [0.25, 0.3) is 5.57 Å². The number of hydrogen-bond acceptors (Lipinski definition) is 2. The molecule has 0 bridgehead atoms. The van der Waals surface area contributed by atoms with Crippen LogP contribution in [0.1, 0.15) is 110 Å². The third kappa shape index (κ3) is 18.4. The van der Waals surface area contributed by atoms with Crippen molar-refractivity contribution in [1.29, 1.82) is 5.41 Å². The molecule has 0 atom stereocenters. The number of benzene rings is 3. The lowest BCUT2D eigenvalue weighted by atomic mass is 10.0. The highest BCUT2D eigenvalue weighted by molar-refractivity contribution is 6.10. The highest BCUT2D eigenvalue weighted by atomic mass is 14.8. The summed E-state index contributed by atoms with van der Waals surface area (Å²) in [7, 11) is 0. The maximum absolute atomic E-state index is 7.30. The van der Waals surface area contributed by atoms with Gasteiger partial charge in [0.15, 0.2) is 0 Å². The van der Waals surface area contributed by atoms with E-state index >= 15 is 0 Å². The molecule has 0 fully saturated rings. The van der Waals surface area contributed by atoms with Crippen LogP contribution in [0.2, 0.25) is 0 Å². The van der Waals surface area contributed by atoms with Crippen LogP contribution in [0.4, 0.5) is 0 Å². The zero-order valence-electron chi connectivity index (χ0n) is 30.6. The van der Waals surface area contributed by atoms with E-state index in [4.69, 9.17) is 5.41 Å². The summed E-state index contributed by atoms with van der Waals surface area (Å²) in [4.78, 5) is 4.69. The first-order valence-electron chi connectivity index (χ1n) is 16.3. The van der Waals surface area contributed by atoms with Gasteiger partial charge in [0.2, 0.25) is 0 Å². The van der Waals surface area contributed by atoms with Gasteiger partial charge in [-0.3, -0.25) is 4.99 Å². The molecule has 45 heavy (non-hydrogen) atoms. The van der Waals surface area contributed by atoms with Crippen molar-refractivity contribution in [3.05, 3.63) is 148 Å². The van der Waals surface area contributed by atoms with Crippen LogP contribution in [-0.2, 0) is 19.3 Å². The predicted molar refractivity (Wildman–Crippen MR) is 207 cm³/mol. The molecule has 0 radical (unpaired) electrons. The summed E-state index contributed by atoms with van der Waals surface area (Å²) in [6, 6.07) is 25.4. The van der Waals surface area contributed by atoms with Crippen LogP contribution >= 0.6 is 0 Å². The lowest BCUT2D eigenvalue weighted by Crippen LogP contribution is -2.01. The van der Waals surface area contributed by atoms with Gasteiger partial charge in [0.05, 0.1) is 5.71 Å². The van der Waals surface area contributed by atoms with Crippen molar-refractivity contribution in [1.82, 2.24) is 0 Å². The van der Waals surface area contributed by atoms with Gasteiger partial charge in [-0.15, -0.1) is 6.58 Å². The van der Waals surface area contributed by atoms with E-state index in [1.54, 1.807) is 6.08 Å². The van der Waals surface area contributed by atoms with E-state index in [-0.39, 0.29) is 0 Å². The van der Waals surface area contributed by atoms with E-state index in [1.807, 2.05) is 46.8 Å². The minimum absolute atomic E-state index is 0.880. The van der Waals surface area contributed by atoms with Gasteiger partial charge in [0, 0.05) is 17.5 Å². The van der Waals surface area contributed by atoms with E-state index in [1.165, 1.54) is 39.6 Å². The maximum Gasteiger partial charge on any atom is 0.0707 e. The monoisotopic (exact) mass is 606 g/mol. The Morgan fingerprint density at radius 3 is 1.64 bits per heavy atom. The quantitative estimate of drug-likeness (QED) is 0.196. The first-order chi connectivity index (χ1) is 21.5. The number of allylic oxidation sites excluding steroid dienone is 6. The zero-order valence-corrected chi connectivity index (χ0v) is 30.6. The smallest absolute Gasteiger partial charge is 0.0707 e. The summed E-state index contributed by atoms with van der Waals surface area (Å²) < 4.78 is 0. The van der Waals surface area contributed by atoms with Crippen molar-refractivity contribution in [2.45, 2.75) is 102 Å². The second-order valence-corrected chi connectivity index (χ2v) is 10.7. The van der Waals surface area contributed by atoms with Gasteiger partial charge in [-0.25, -0.2) is 0 Å². The van der Waals surface area contributed by atoms with Crippen molar-refractivity contribution in [2.24, 2.45) is 4.99 Å². The molecule has 0 heterocycles. The molecule has 0 saturated carbocycles. The van der Waals surface area contributed by atoms with Crippen LogP contribution in [0.3, 0.4) is 0 Å². The molecule has 3 aromatic rings. The molecule has 0 aliphatic rings. The molecule has 244 valence electrons. The molecule has 0 unspecified atom stereocenters. The Kier molecular flexibility index (Phi) is 25.3. The van der Waals surface area contributed by atoms with Gasteiger partial charge in [0.1, 0.15) is 0 Å². The molecule has 2 heteroatoms. The summed E-state index contributed by atoms with van der Waals surface area (Å²) in [6.07, 6.45) is 8.56. The van der Waals surface area contributed by atoms with Crippen molar-refractivity contribution >= 4 is 17.5 Å². The standard InChI is InChI=1S/C17H22N2.C11H14.C10H14.C3H6.C2H6/c1-12(2)10-17(19-15(5)14(4)11-18)16-9-7-6-8-13(16)3;1-4-10-7-5-6-8-11(10)9(2)3;1-3-9-6-5-7-10(4-2)8-9;1-3-2;1-2/h6-11,18H,1-5H3;5-8H,2,4H2,1,3H3;5-8H,3-4H2,1-2H3;3H,1H2,2H3;1-2H3/b15-14+,18-11?,19-17?;;;;. The fourth-order valence-electron chi connectivity index (χ4n) is 3.99. The molecular weight excluding hydrogens is 544 g/mol. The molecule has 0 aliphatic carbocycles. The molecule has 0 saturated heterocycles. The van der Waals surface area contributed by atoms with Gasteiger partial charge >= 0.3 is 0 Å². The van der Waals surface area contributed by atoms with Crippen LogP contribution < -0.4 is 0 Å². The third-order valence-corrected chi connectivity index (χ3v) is 6.59. The summed E-state index contributed by atoms with van der Waals surface area (Å²) in [5, 5.41) is 7.30. The Morgan fingerprint density at radius 1 is 0.756 bits per heavy atom. The fraction of sp³-hybridized carbons (Fsp3) is 0.349. The van der Waals surface area contributed by atoms with Crippen molar-refractivity contribution < 1.29 is 0 Å². The fourth-order valence-corrected chi connectivity index (χ4v) is 3.99. The molecule has 3 aromatic carbocycles. The summed E-state index contributed by atoms with van der Waals surface area (Å²) in [5.41, 5.74) is 13.0. The van der Waals surface area contributed by atoms with Gasteiger partial charge in [0.25, 0.3) is 0 Å². The highest BCUT2D eigenvalue weighted by Gasteiger charge is 2.05. The Morgan fingerprint density at radius 2 is 1.24 bits per heavy atom. The first-order valence-corrected chi connectivity index (χ1v) is 16.3. The lowest BCUT2D eigenvalue weighted by molar-refractivity contribution is 1.09. The Balaban J connectivity index is 0. The minimum atomic E-state index is 0.880. The van der Waals surface area contributed by atoms with Crippen molar-refractivity contribution in [3.63, 3.8) is 0 Å². The predicted octanol–water partition coefficient (Wildman–Crippen LogP) is 13.0. The molecule has 2 nitrogen and oxygen atoms in total. The number of nitrogens with one attached hydrogen (secondary N) is 1. The first kappa shape index (κ1) is 43.1. The highest BCUT2D eigenvalue weighted by Crippen LogP contribution is 2.17. The molecule has 0 aliphatic heterocycles. The van der Waals surface area contributed by atoms with Crippen LogP contribution in [0, 0.1) is 12.3 Å².